The minimum Gasteiger partial charge on any atom is -0.255 e. The first kappa shape index (κ1) is 14.7. The second-order valence-electron chi connectivity index (χ2n) is 4.86. The van der Waals surface area contributed by atoms with Gasteiger partial charge in [-0.15, -0.1) is 11.8 Å². The molecule has 0 saturated heterocycles. The molecule has 106 valence electrons. The fourth-order valence-electron chi connectivity index (χ4n) is 2.49. The Bertz CT molecular complexity index is 713. The largest absolute Gasteiger partial charge is 0.255 e. The number of hydrogen-bond donors (Lipinski definition) is 0. The molecule has 0 fully saturated rings. The van der Waals surface area contributed by atoms with E-state index in [1.807, 2.05) is 24.3 Å². The number of benzene rings is 1. The maximum Gasteiger partial charge on any atom is 0.0765 e. The third kappa shape index (κ3) is 2.89. The number of hydrogen-bond acceptors (Lipinski definition) is 3. The topological polar surface area (TPSA) is 36.1 Å². The first-order valence-electron chi connectivity index (χ1n) is 6.61. The molecule has 1 aliphatic heterocycles. The van der Waals surface area contributed by atoms with Crippen LogP contribution in [0.2, 0.25) is 0 Å². The van der Waals surface area contributed by atoms with Crippen molar-refractivity contribution >= 4 is 46.4 Å². The second-order valence-corrected chi connectivity index (χ2v) is 6.69. The van der Waals surface area contributed by atoms with Gasteiger partial charge >= 0.3 is 0 Å². The smallest absolute Gasteiger partial charge is 0.0765 e. The SMILES string of the molecule is N#CCC1=C(Cl)C(C2=Nc3ccccc3SC2)CC=C1Cl. The summed E-state index contributed by atoms with van der Waals surface area (Å²) >= 11 is 14.4. The van der Waals surface area contributed by atoms with Gasteiger partial charge in [0, 0.05) is 32.3 Å². The van der Waals surface area contributed by atoms with Gasteiger partial charge in [-0.3, -0.25) is 4.99 Å². The predicted molar refractivity (Wildman–Crippen MR) is 89.4 cm³/mol. The Morgan fingerprint density at radius 3 is 2.95 bits per heavy atom. The van der Waals surface area contributed by atoms with Crippen LogP contribution in [0.5, 0.6) is 0 Å². The third-order valence-electron chi connectivity index (χ3n) is 3.58. The van der Waals surface area contributed by atoms with E-state index in [1.54, 1.807) is 11.8 Å². The summed E-state index contributed by atoms with van der Waals surface area (Å²) < 4.78 is 0. The number of nitriles is 1. The molecule has 0 amide bonds. The van der Waals surface area contributed by atoms with Crippen molar-refractivity contribution in [3.8, 4) is 6.07 Å². The summed E-state index contributed by atoms with van der Waals surface area (Å²) in [5, 5.41) is 10.2. The van der Waals surface area contributed by atoms with E-state index in [-0.39, 0.29) is 12.3 Å². The fourth-order valence-corrected chi connectivity index (χ4v) is 4.19. The molecule has 0 radical (unpaired) electrons. The lowest BCUT2D eigenvalue weighted by molar-refractivity contribution is 0.825. The van der Waals surface area contributed by atoms with Crippen LogP contribution < -0.4 is 0 Å². The van der Waals surface area contributed by atoms with E-state index in [0.717, 1.165) is 29.1 Å². The van der Waals surface area contributed by atoms with Crippen LogP contribution in [0, 0.1) is 17.2 Å². The molecule has 5 heteroatoms. The molecule has 0 spiro atoms. The summed E-state index contributed by atoms with van der Waals surface area (Å²) in [6.45, 7) is 0. The van der Waals surface area contributed by atoms with Crippen LogP contribution in [0.1, 0.15) is 12.8 Å². The first-order valence-corrected chi connectivity index (χ1v) is 8.35. The lowest BCUT2D eigenvalue weighted by atomic mass is 9.90. The molecule has 1 unspecified atom stereocenters. The molecular weight excluding hydrogens is 323 g/mol. The average Bonchev–Trinajstić information content (AvgIpc) is 2.51. The van der Waals surface area contributed by atoms with E-state index in [9.17, 15) is 0 Å². The van der Waals surface area contributed by atoms with Crippen LogP contribution in [0.4, 0.5) is 5.69 Å². The van der Waals surface area contributed by atoms with E-state index in [2.05, 4.69) is 12.1 Å². The van der Waals surface area contributed by atoms with Crippen LogP contribution in [0.15, 0.2) is 55.9 Å². The number of halogens is 2. The van der Waals surface area contributed by atoms with Gasteiger partial charge < -0.3 is 0 Å². The number of nitrogens with zero attached hydrogens (tertiary/aromatic N) is 2. The molecular formula is C16H12Cl2N2S. The number of fused-ring (bicyclic) bond motifs is 1. The van der Waals surface area contributed by atoms with E-state index in [1.165, 1.54) is 4.90 Å². The van der Waals surface area contributed by atoms with Crippen LogP contribution in [0.25, 0.3) is 0 Å². The fraction of sp³-hybridized carbons (Fsp3) is 0.250. The zero-order valence-corrected chi connectivity index (χ0v) is 13.5. The van der Waals surface area contributed by atoms with E-state index >= 15 is 0 Å². The van der Waals surface area contributed by atoms with Crippen molar-refractivity contribution < 1.29 is 0 Å². The van der Waals surface area contributed by atoms with Crippen molar-refractivity contribution in [2.24, 2.45) is 10.9 Å². The highest BCUT2D eigenvalue weighted by Gasteiger charge is 2.28. The van der Waals surface area contributed by atoms with Crippen LogP contribution in [-0.4, -0.2) is 11.5 Å². The summed E-state index contributed by atoms with van der Waals surface area (Å²) in [5.74, 6) is 0.863. The van der Waals surface area contributed by atoms with Gasteiger partial charge in [-0.05, 0) is 24.1 Å². The van der Waals surface area contributed by atoms with Crippen molar-refractivity contribution in [2.75, 3.05) is 5.75 Å². The molecule has 3 rings (SSSR count). The highest BCUT2D eigenvalue weighted by Crippen LogP contribution is 2.41. The van der Waals surface area contributed by atoms with E-state index < -0.39 is 0 Å². The Morgan fingerprint density at radius 1 is 1.33 bits per heavy atom. The molecule has 0 aromatic heterocycles. The van der Waals surface area contributed by atoms with Gasteiger partial charge in [-0.2, -0.15) is 5.26 Å². The van der Waals surface area contributed by atoms with Crippen molar-refractivity contribution in [2.45, 2.75) is 17.7 Å². The average molecular weight is 335 g/mol. The maximum atomic E-state index is 8.92. The zero-order chi connectivity index (χ0) is 14.8. The minimum atomic E-state index is 0.0402. The highest BCUT2D eigenvalue weighted by atomic mass is 35.5. The molecule has 1 aliphatic carbocycles. The summed E-state index contributed by atoms with van der Waals surface area (Å²) in [6, 6.07) is 10.2. The summed E-state index contributed by atoms with van der Waals surface area (Å²) in [7, 11) is 0. The molecule has 1 atom stereocenters. The van der Waals surface area contributed by atoms with Gasteiger partial charge in [-0.1, -0.05) is 41.4 Å². The molecule has 2 nitrogen and oxygen atoms in total. The molecule has 21 heavy (non-hydrogen) atoms. The van der Waals surface area contributed by atoms with Crippen molar-refractivity contribution in [3.05, 3.63) is 46.0 Å². The Hall–Kier alpha value is -1.21. The summed E-state index contributed by atoms with van der Waals surface area (Å²) in [6.07, 6.45) is 2.92. The Balaban J connectivity index is 1.96. The molecule has 1 aromatic rings. The van der Waals surface area contributed by atoms with Gasteiger partial charge in [0.1, 0.15) is 0 Å². The van der Waals surface area contributed by atoms with Gasteiger partial charge in [0.05, 0.1) is 18.2 Å². The minimum absolute atomic E-state index is 0.0402. The first-order chi connectivity index (χ1) is 10.2. The molecule has 1 heterocycles. The van der Waals surface area contributed by atoms with Gasteiger partial charge in [-0.25, -0.2) is 0 Å². The summed E-state index contributed by atoms with van der Waals surface area (Å²) in [4.78, 5) is 5.96. The third-order valence-corrected chi connectivity index (χ3v) is 5.55. The summed E-state index contributed by atoms with van der Waals surface area (Å²) in [5.41, 5.74) is 2.79. The van der Waals surface area contributed by atoms with Crippen LogP contribution >= 0.6 is 35.0 Å². The lowest BCUT2D eigenvalue weighted by Crippen LogP contribution is -2.21. The highest BCUT2D eigenvalue weighted by molar-refractivity contribution is 8.00. The number of allylic oxidation sites excluding steroid dienone is 4. The second kappa shape index (κ2) is 6.27. The van der Waals surface area contributed by atoms with Gasteiger partial charge in [0.2, 0.25) is 0 Å². The Morgan fingerprint density at radius 2 is 2.14 bits per heavy atom. The van der Waals surface area contributed by atoms with E-state index in [4.69, 9.17) is 33.5 Å². The molecule has 0 bridgehead atoms. The monoisotopic (exact) mass is 334 g/mol. The zero-order valence-electron chi connectivity index (χ0n) is 11.1. The normalized spacial score (nSPS) is 21.3. The number of thioether (sulfide) groups is 1. The van der Waals surface area contributed by atoms with Crippen LogP contribution in [-0.2, 0) is 0 Å². The van der Waals surface area contributed by atoms with Crippen LogP contribution in [0.3, 0.4) is 0 Å². The molecule has 2 aliphatic rings. The van der Waals surface area contributed by atoms with E-state index in [0.29, 0.717) is 10.1 Å². The van der Waals surface area contributed by atoms with Crippen molar-refractivity contribution in [1.82, 2.24) is 0 Å². The molecule has 0 N–H and O–H groups in total. The molecule has 0 saturated carbocycles. The number of para-hydroxylation sites is 1. The Labute approximate surface area is 138 Å². The maximum absolute atomic E-state index is 8.92. The standard InChI is InChI=1S/C16H12Cl2N2S/c17-12-6-5-11(16(18)10(12)7-8-19)14-9-21-15-4-2-1-3-13(15)20-14/h1-4,6,11H,5,7,9H2. The van der Waals surface area contributed by atoms with Gasteiger partial charge in [0.15, 0.2) is 0 Å². The molecule has 1 aromatic carbocycles. The van der Waals surface area contributed by atoms with Crippen molar-refractivity contribution in [1.29, 1.82) is 5.26 Å². The predicted octanol–water partition coefficient (Wildman–Crippen LogP) is 5.41. The van der Waals surface area contributed by atoms with Gasteiger partial charge in [0.25, 0.3) is 0 Å². The number of aliphatic imine (C=N–C) groups is 1. The lowest BCUT2D eigenvalue weighted by Gasteiger charge is -2.26. The quantitative estimate of drug-likeness (QED) is 0.724. The number of rotatable bonds is 2. The Kier molecular flexibility index (Phi) is 4.40. The van der Waals surface area contributed by atoms with Crippen molar-refractivity contribution in [3.63, 3.8) is 0 Å².